The molecule has 0 fully saturated rings. The molecule has 2 N–H and O–H groups in total. The molecule has 0 aromatic heterocycles. The normalized spacial score (nSPS) is 10.1. The molecule has 1 amide bonds. The number of amides is 1. The zero-order valence-corrected chi connectivity index (χ0v) is 12.1. The number of carbonyl (C=O) groups is 1. The molecular formula is C16H22N2O2. The fourth-order valence-electron chi connectivity index (χ4n) is 1.73. The average Bonchev–Trinajstić information content (AvgIpc) is 2.41. The van der Waals surface area contributed by atoms with Crippen LogP contribution in [0.2, 0.25) is 0 Å². The van der Waals surface area contributed by atoms with Crippen molar-refractivity contribution in [2.45, 2.75) is 32.9 Å². The van der Waals surface area contributed by atoms with Crippen LogP contribution in [0.15, 0.2) is 24.3 Å². The Morgan fingerprint density at radius 3 is 2.85 bits per heavy atom. The number of ether oxygens (including phenoxy) is 1. The highest BCUT2D eigenvalue weighted by molar-refractivity contribution is 5.76. The predicted octanol–water partition coefficient (Wildman–Crippen LogP) is 1.70. The lowest BCUT2D eigenvalue weighted by Gasteiger charge is -2.11. The minimum Gasteiger partial charge on any atom is -0.481 e. The highest BCUT2D eigenvalue weighted by Gasteiger charge is 2.04. The number of nitrogens with one attached hydrogen (secondary N) is 2. The Balaban J connectivity index is 2.35. The number of terminal acetylenes is 1. The molecule has 0 saturated heterocycles. The van der Waals surface area contributed by atoms with Crippen LogP contribution in [-0.4, -0.2) is 25.1 Å². The van der Waals surface area contributed by atoms with E-state index in [1.807, 2.05) is 38.1 Å². The van der Waals surface area contributed by atoms with E-state index in [9.17, 15) is 4.79 Å². The molecule has 4 nitrogen and oxygen atoms in total. The van der Waals surface area contributed by atoms with Crippen molar-refractivity contribution < 1.29 is 9.53 Å². The molecule has 0 heterocycles. The van der Waals surface area contributed by atoms with Gasteiger partial charge >= 0.3 is 0 Å². The molecule has 20 heavy (non-hydrogen) atoms. The molecule has 0 aliphatic heterocycles. The van der Waals surface area contributed by atoms with Crippen molar-refractivity contribution in [3.63, 3.8) is 0 Å². The number of hydrogen-bond acceptors (Lipinski definition) is 3. The summed E-state index contributed by atoms with van der Waals surface area (Å²) < 4.78 is 5.46. The van der Waals surface area contributed by atoms with E-state index in [2.05, 4.69) is 16.6 Å². The number of carbonyl (C=O) groups excluding carboxylic acids is 1. The molecule has 0 bridgehead atoms. The summed E-state index contributed by atoms with van der Waals surface area (Å²) in [4.78, 5) is 11.5. The van der Waals surface area contributed by atoms with Crippen LogP contribution in [0.5, 0.6) is 5.75 Å². The zero-order chi connectivity index (χ0) is 14.8. The molecule has 108 valence electrons. The Kier molecular flexibility index (Phi) is 7.23. The van der Waals surface area contributed by atoms with Crippen LogP contribution in [0.1, 0.15) is 25.8 Å². The van der Waals surface area contributed by atoms with Gasteiger partial charge in [-0.3, -0.25) is 4.79 Å². The summed E-state index contributed by atoms with van der Waals surface area (Å²) in [6.45, 7) is 5.43. The van der Waals surface area contributed by atoms with Gasteiger partial charge in [0, 0.05) is 31.1 Å². The Bertz CT molecular complexity index is 464. The van der Waals surface area contributed by atoms with Crippen molar-refractivity contribution in [2.24, 2.45) is 0 Å². The van der Waals surface area contributed by atoms with Crippen LogP contribution < -0.4 is 15.4 Å². The van der Waals surface area contributed by atoms with E-state index in [1.165, 1.54) is 0 Å². The molecule has 1 rings (SSSR count). The third-order valence-corrected chi connectivity index (χ3v) is 2.58. The maximum Gasteiger partial charge on any atom is 0.221 e. The molecule has 0 atom stereocenters. The lowest BCUT2D eigenvalue weighted by Crippen LogP contribution is -2.32. The summed E-state index contributed by atoms with van der Waals surface area (Å²) >= 11 is 0. The van der Waals surface area contributed by atoms with E-state index in [4.69, 9.17) is 11.2 Å². The van der Waals surface area contributed by atoms with Gasteiger partial charge in [-0.1, -0.05) is 24.1 Å². The summed E-state index contributed by atoms with van der Waals surface area (Å²) in [7, 11) is 0. The first-order valence-electron chi connectivity index (χ1n) is 6.77. The van der Waals surface area contributed by atoms with Crippen LogP contribution in [0.3, 0.4) is 0 Å². The minimum atomic E-state index is 0.0596. The fraction of sp³-hybridized carbons (Fsp3) is 0.438. The van der Waals surface area contributed by atoms with E-state index in [1.54, 1.807) is 0 Å². The van der Waals surface area contributed by atoms with Gasteiger partial charge in [-0.25, -0.2) is 0 Å². The summed E-state index contributed by atoms with van der Waals surface area (Å²) in [5.41, 5.74) is 1.03. The summed E-state index contributed by atoms with van der Waals surface area (Å²) in [5, 5.41) is 6.09. The van der Waals surface area contributed by atoms with Crippen molar-refractivity contribution in [3.8, 4) is 18.1 Å². The Hall–Kier alpha value is -1.99. The molecule has 0 radical (unpaired) electrons. The molecule has 0 spiro atoms. The predicted molar refractivity (Wildman–Crippen MR) is 80.4 cm³/mol. The summed E-state index contributed by atoms with van der Waals surface area (Å²) in [6.07, 6.45) is 5.65. The van der Waals surface area contributed by atoms with Crippen molar-refractivity contribution in [3.05, 3.63) is 29.8 Å². The second kappa shape index (κ2) is 9.00. The lowest BCUT2D eigenvalue weighted by molar-refractivity contribution is -0.121. The number of hydrogen-bond donors (Lipinski definition) is 2. The SMILES string of the molecule is C#CCOc1ccccc1CNCCC(=O)NC(C)C. The number of rotatable bonds is 8. The van der Waals surface area contributed by atoms with Gasteiger partial charge in [-0.15, -0.1) is 6.42 Å². The summed E-state index contributed by atoms with van der Waals surface area (Å²) in [5.74, 6) is 3.29. The maximum atomic E-state index is 11.5. The first-order chi connectivity index (χ1) is 9.63. The average molecular weight is 274 g/mol. The molecular weight excluding hydrogens is 252 g/mol. The van der Waals surface area contributed by atoms with E-state index in [-0.39, 0.29) is 18.6 Å². The van der Waals surface area contributed by atoms with Crippen molar-refractivity contribution >= 4 is 5.91 Å². The quantitative estimate of drug-likeness (QED) is 0.560. The third kappa shape index (κ3) is 6.26. The minimum absolute atomic E-state index is 0.0596. The fourth-order valence-corrected chi connectivity index (χ4v) is 1.73. The molecule has 0 aliphatic rings. The smallest absolute Gasteiger partial charge is 0.221 e. The Morgan fingerprint density at radius 2 is 2.15 bits per heavy atom. The molecule has 4 heteroatoms. The van der Waals surface area contributed by atoms with Gasteiger partial charge in [-0.2, -0.15) is 0 Å². The standard InChI is InChI=1S/C16H22N2O2/c1-4-11-20-15-8-6-5-7-14(15)12-17-10-9-16(19)18-13(2)3/h1,5-8,13,17H,9-12H2,2-3H3,(H,18,19). The first-order valence-corrected chi connectivity index (χ1v) is 6.77. The lowest BCUT2D eigenvalue weighted by atomic mass is 10.2. The van der Waals surface area contributed by atoms with Gasteiger partial charge in [0.15, 0.2) is 0 Å². The van der Waals surface area contributed by atoms with Gasteiger partial charge in [0.25, 0.3) is 0 Å². The second-order valence-corrected chi connectivity index (χ2v) is 4.75. The monoisotopic (exact) mass is 274 g/mol. The maximum absolute atomic E-state index is 11.5. The zero-order valence-electron chi connectivity index (χ0n) is 12.1. The Morgan fingerprint density at radius 1 is 1.40 bits per heavy atom. The van der Waals surface area contributed by atoms with Crippen molar-refractivity contribution in [1.29, 1.82) is 0 Å². The van der Waals surface area contributed by atoms with Gasteiger partial charge in [0.1, 0.15) is 12.4 Å². The van der Waals surface area contributed by atoms with Gasteiger partial charge < -0.3 is 15.4 Å². The Labute approximate surface area is 120 Å². The molecule has 0 saturated carbocycles. The van der Waals surface area contributed by atoms with Gasteiger partial charge in [0.2, 0.25) is 5.91 Å². The largest absolute Gasteiger partial charge is 0.481 e. The number of benzene rings is 1. The van der Waals surface area contributed by atoms with E-state index < -0.39 is 0 Å². The van der Waals surface area contributed by atoms with E-state index in [0.717, 1.165) is 11.3 Å². The highest BCUT2D eigenvalue weighted by Crippen LogP contribution is 2.17. The first kappa shape index (κ1) is 16.1. The molecule has 0 unspecified atom stereocenters. The number of para-hydroxylation sites is 1. The summed E-state index contributed by atoms with van der Waals surface area (Å²) in [6, 6.07) is 7.91. The van der Waals surface area contributed by atoms with Gasteiger partial charge in [-0.05, 0) is 19.9 Å². The van der Waals surface area contributed by atoms with Crippen LogP contribution >= 0.6 is 0 Å². The van der Waals surface area contributed by atoms with E-state index >= 15 is 0 Å². The molecule has 0 aliphatic carbocycles. The van der Waals surface area contributed by atoms with Crippen LogP contribution in [0.25, 0.3) is 0 Å². The second-order valence-electron chi connectivity index (χ2n) is 4.75. The third-order valence-electron chi connectivity index (χ3n) is 2.58. The van der Waals surface area contributed by atoms with Crippen LogP contribution in [0, 0.1) is 12.3 Å². The van der Waals surface area contributed by atoms with Crippen molar-refractivity contribution in [1.82, 2.24) is 10.6 Å². The van der Waals surface area contributed by atoms with E-state index in [0.29, 0.717) is 19.5 Å². The van der Waals surface area contributed by atoms with Crippen LogP contribution in [0.4, 0.5) is 0 Å². The van der Waals surface area contributed by atoms with Crippen molar-refractivity contribution in [2.75, 3.05) is 13.2 Å². The topological polar surface area (TPSA) is 50.4 Å². The van der Waals surface area contributed by atoms with Gasteiger partial charge in [0.05, 0.1) is 0 Å². The molecule has 1 aromatic carbocycles. The molecule has 1 aromatic rings. The van der Waals surface area contributed by atoms with Crippen LogP contribution in [-0.2, 0) is 11.3 Å². The highest BCUT2D eigenvalue weighted by atomic mass is 16.5.